The van der Waals surface area contributed by atoms with Gasteiger partial charge in [-0.1, -0.05) is 44.2 Å². The van der Waals surface area contributed by atoms with E-state index in [1.165, 1.54) is 36.0 Å². The summed E-state index contributed by atoms with van der Waals surface area (Å²) in [5.74, 6) is 1.14. The first-order valence-corrected chi connectivity index (χ1v) is 10.4. The largest absolute Gasteiger partial charge is 0.493 e. The molecule has 0 radical (unpaired) electrons. The zero-order valence-electron chi connectivity index (χ0n) is 17.2. The van der Waals surface area contributed by atoms with Crippen molar-refractivity contribution in [1.29, 1.82) is 0 Å². The lowest BCUT2D eigenvalue weighted by molar-refractivity contribution is -0.129. The number of methoxy groups -OCH3 is 1. The second kappa shape index (κ2) is 9.63. The normalized spacial score (nSPS) is 15.2. The molecule has 2 aromatic carbocycles. The van der Waals surface area contributed by atoms with Gasteiger partial charge in [-0.2, -0.15) is 0 Å². The number of ether oxygens (including phenoxy) is 2. The van der Waals surface area contributed by atoms with E-state index >= 15 is 0 Å². The van der Waals surface area contributed by atoms with E-state index in [2.05, 4.69) is 30.4 Å². The van der Waals surface area contributed by atoms with Crippen molar-refractivity contribution in [1.82, 2.24) is 5.32 Å². The molecule has 2 unspecified atom stereocenters. The zero-order valence-corrected chi connectivity index (χ0v) is 17.2. The molecule has 3 rings (SSSR count). The highest BCUT2D eigenvalue weighted by molar-refractivity contribution is 5.81. The van der Waals surface area contributed by atoms with Crippen LogP contribution in [0, 0.1) is 0 Å². The summed E-state index contributed by atoms with van der Waals surface area (Å²) in [5.41, 5.74) is 4.08. The molecule has 0 heterocycles. The maximum absolute atomic E-state index is 12.9. The van der Waals surface area contributed by atoms with Crippen LogP contribution in [0.15, 0.2) is 42.5 Å². The number of carbonyl (C=O) groups excluding carboxylic acids is 1. The van der Waals surface area contributed by atoms with Crippen LogP contribution in [-0.4, -0.2) is 19.1 Å². The molecule has 4 nitrogen and oxygen atoms in total. The molecule has 0 saturated carbocycles. The van der Waals surface area contributed by atoms with Gasteiger partial charge in [0.15, 0.2) is 17.6 Å². The Balaban J connectivity index is 1.71. The first-order valence-electron chi connectivity index (χ1n) is 10.4. The second-order valence-electron chi connectivity index (χ2n) is 7.37. The van der Waals surface area contributed by atoms with Gasteiger partial charge in [-0.15, -0.1) is 0 Å². The number of benzene rings is 2. The van der Waals surface area contributed by atoms with Crippen LogP contribution in [0.3, 0.4) is 0 Å². The maximum atomic E-state index is 12.9. The van der Waals surface area contributed by atoms with Gasteiger partial charge in [-0.25, -0.2) is 0 Å². The van der Waals surface area contributed by atoms with Crippen molar-refractivity contribution in [2.24, 2.45) is 0 Å². The summed E-state index contributed by atoms with van der Waals surface area (Å²) in [4.78, 5) is 12.9. The van der Waals surface area contributed by atoms with Gasteiger partial charge in [0.2, 0.25) is 0 Å². The third-order valence-electron chi connectivity index (χ3n) is 5.50. The molecule has 0 spiro atoms. The SMILES string of the molecule is CCC(Oc1ccccc1OC)C(=O)NC(CC)c1ccc2c(c1)CCCC2. The van der Waals surface area contributed by atoms with Gasteiger partial charge in [-0.3, -0.25) is 4.79 Å². The minimum atomic E-state index is -0.553. The first-order chi connectivity index (χ1) is 13.7. The van der Waals surface area contributed by atoms with Crippen molar-refractivity contribution in [3.05, 3.63) is 59.2 Å². The Morgan fingerprint density at radius 2 is 1.71 bits per heavy atom. The molecule has 28 heavy (non-hydrogen) atoms. The third kappa shape index (κ3) is 4.67. The number of rotatable bonds is 8. The second-order valence-corrected chi connectivity index (χ2v) is 7.37. The summed E-state index contributed by atoms with van der Waals surface area (Å²) < 4.78 is 11.3. The molecular weight excluding hydrogens is 350 g/mol. The molecule has 2 atom stereocenters. The highest BCUT2D eigenvalue weighted by atomic mass is 16.5. The fourth-order valence-electron chi connectivity index (χ4n) is 3.85. The minimum Gasteiger partial charge on any atom is -0.493 e. The number of amides is 1. The summed E-state index contributed by atoms with van der Waals surface area (Å²) in [7, 11) is 1.60. The fourth-order valence-corrected chi connectivity index (χ4v) is 3.85. The molecule has 150 valence electrons. The molecule has 0 fully saturated rings. The number of hydrogen-bond acceptors (Lipinski definition) is 3. The number of carbonyl (C=O) groups is 1. The molecule has 1 N–H and O–H groups in total. The molecule has 1 amide bonds. The Morgan fingerprint density at radius 1 is 1.00 bits per heavy atom. The van der Waals surface area contributed by atoms with Gasteiger partial charge < -0.3 is 14.8 Å². The van der Waals surface area contributed by atoms with Gasteiger partial charge >= 0.3 is 0 Å². The van der Waals surface area contributed by atoms with E-state index in [9.17, 15) is 4.79 Å². The number of hydrogen-bond donors (Lipinski definition) is 1. The molecular formula is C24H31NO3. The van der Waals surface area contributed by atoms with E-state index in [4.69, 9.17) is 9.47 Å². The van der Waals surface area contributed by atoms with Crippen LogP contribution in [0.1, 0.15) is 62.3 Å². The van der Waals surface area contributed by atoms with Crippen molar-refractivity contribution < 1.29 is 14.3 Å². The van der Waals surface area contributed by atoms with E-state index in [-0.39, 0.29) is 11.9 Å². The summed E-state index contributed by atoms with van der Waals surface area (Å²) >= 11 is 0. The Bertz CT molecular complexity index is 802. The van der Waals surface area contributed by atoms with Crippen LogP contribution in [0.25, 0.3) is 0 Å². The molecule has 1 aliphatic carbocycles. The van der Waals surface area contributed by atoms with Gasteiger partial charge in [-0.05, 0) is 67.3 Å². The lowest BCUT2D eigenvalue weighted by Crippen LogP contribution is -2.40. The Hall–Kier alpha value is -2.49. The summed E-state index contributed by atoms with van der Waals surface area (Å²) in [6.07, 6.45) is 5.72. The summed E-state index contributed by atoms with van der Waals surface area (Å²) in [6, 6.07) is 14.1. The smallest absolute Gasteiger partial charge is 0.261 e. The number of nitrogens with one attached hydrogen (secondary N) is 1. The lowest BCUT2D eigenvalue weighted by atomic mass is 9.88. The van der Waals surface area contributed by atoms with Crippen LogP contribution in [0.2, 0.25) is 0 Å². The molecule has 0 aliphatic heterocycles. The van der Waals surface area contributed by atoms with Gasteiger partial charge in [0.05, 0.1) is 13.2 Å². The predicted molar refractivity (Wildman–Crippen MR) is 112 cm³/mol. The zero-order chi connectivity index (χ0) is 19.9. The quantitative estimate of drug-likeness (QED) is 0.700. The van der Waals surface area contributed by atoms with Crippen molar-refractivity contribution in [2.75, 3.05) is 7.11 Å². The molecule has 2 aromatic rings. The highest BCUT2D eigenvalue weighted by Crippen LogP contribution is 2.29. The average Bonchev–Trinajstić information content (AvgIpc) is 2.75. The van der Waals surface area contributed by atoms with E-state index in [1.54, 1.807) is 7.11 Å². The number of aryl methyl sites for hydroxylation is 2. The van der Waals surface area contributed by atoms with Crippen LogP contribution < -0.4 is 14.8 Å². The predicted octanol–water partition coefficient (Wildman–Crippen LogP) is 5.00. The molecule has 0 aromatic heterocycles. The van der Waals surface area contributed by atoms with Gasteiger partial charge in [0, 0.05) is 0 Å². The fraction of sp³-hybridized carbons (Fsp3) is 0.458. The standard InChI is InChI=1S/C24H31NO3/c1-4-20(19-15-14-17-10-6-7-11-18(17)16-19)25-24(26)21(5-2)28-23-13-9-8-12-22(23)27-3/h8-9,12-16,20-21H,4-7,10-11H2,1-3H3,(H,25,26). The van der Waals surface area contributed by atoms with Crippen LogP contribution in [0.4, 0.5) is 0 Å². The Morgan fingerprint density at radius 3 is 2.39 bits per heavy atom. The maximum Gasteiger partial charge on any atom is 0.261 e. The van der Waals surface area contributed by atoms with Crippen molar-refractivity contribution >= 4 is 5.91 Å². The van der Waals surface area contributed by atoms with Crippen molar-refractivity contribution in [3.8, 4) is 11.5 Å². The molecule has 4 heteroatoms. The topological polar surface area (TPSA) is 47.6 Å². The number of para-hydroxylation sites is 2. The lowest BCUT2D eigenvalue weighted by Gasteiger charge is -2.24. The molecule has 0 saturated heterocycles. The van der Waals surface area contributed by atoms with E-state index < -0.39 is 6.10 Å². The minimum absolute atomic E-state index is 0.00459. The first kappa shape index (κ1) is 20.2. The van der Waals surface area contributed by atoms with E-state index in [0.29, 0.717) is 17.9 Å². The average molecular weight is 382 g/mol. The van der Waals surface area contributed by atoms with Gasteiger partial charge in [0.25, 0.3) is 5.91 Å². The van der Waals surface area contributed by atoms with E-state index in [1.807, 2.05) is 31.2 Å². The number of fused-ring (bicyclic) bond motifs is 1. The molecule has 0 bridgehead atoms. The van der Waals surface area contributed by atoms with Gasteiger partial charge in [0.1, 0.15) is 0 Å². The van der Waals surface area contributed by atoms with Crippen LogP contribution >= 0.6 is 0 Å². The van der Waals surface area contributed by atoms with E-state index in [0.717, 1.165) is 12.8 Å². The van der Waals surface area contributed by atoms with Crippen molar-refractivity contribution in [3.63, 3.8) is 0 Å². The summed E-state index contributed by atoms with van der Waals surface area (Å²) in [6.45, 7) is 4.06. The monoisotopic (exact) mass is 381 g/mol. The Labute approximate surface area is 168 Å². The third-order valence-corrected chi connectivity index (χ3v) is 5.50. The van der Waals surface area contributed by atoms with Crippen LogP contribution in [0.5, 0.6) is 11.5 Å². The molecule has 1 aliphatic rings. The highest BCUT2D eigenvalue weighted by Gasteiger charge is 2.23. The Kier molecular flexibility index (Phi) is 6.96. The van der Waals surface area contributed by atoms with Crippen molar-refractivity contribution in [2.45, 2.75) is 64.5 Å². The summed E-state index contributed by atoms with van der Waals surface area (Å²) in [5, 5.41) is 3.19. The van der Waals surface area contributed by atoms with Crippen LogP contribution in [-0.2, 0) is 17.6 Å².